The SMILES string of the molecule is CC(=O)NC1(C(=O)OCc2ccc([N+](=O)[O-])cc2)N2C(=O)C(Oc3ccccc3)C2SCN1S(=O)(=O)C(F)(F)F. The molecule has 2 aromatic rings. The minimum absolute atomic E-state index is 0.143. The van der Waals surface area contributed by atoms with Crippen LogP contribution in [0.25, 0.3) is 0 Å². The van der Waals surface area contributed by atoms with Crippen molar-refractivity contribution < 1.29 is 50.4 Å². The first-order valence-electron chi connectivity index (χ1n) is 11.1. The summed E-state index contributed by atoms with van der Waals surface area (Å²) >= 11 is 0.565. The molecule has 2 saturated heterocycles. The highest BCUT2D eigenvalue weighted by Gasteiger charge is 2.73. The lowest BCUT2D eigenvalue weighted by Crippen LogP contribution is -2.87. The first-order valence-corrected chi connectivity index (χ1v) is 13.6. The first-order chi connectivity index (χ1) is 18.7. The fourth-order valence-corrected chi connectivity index (χ4v) is 6.78. The lowest BCUT2D eigenvalue weighted by Gasteiger charge is -2.59. The fourth-order valence-electron chi connectivity index (χ4n) is 4.01. The number of thioether (sulfide) groups is 1. The number of carbonyl (C=O) groups excluding carboxylic acids is 3. The smallest absolute Gasteiger partial charge is 0.477 e. The van der Waals surface area contributed by atoms with Gasteiger partial charge in [-0.05, 0) is 29.8 Å². The number of nitro benzene ring substituents is 1. The number of sulfonamides is 1. The van der Waals surface area contributed by atoms with Gasteiger partial charge in [-0.25, -0.2) is 13.2 Å². The third-order valence-corrected chi connectivity index (χ3v) is 8.74. The standard InChI is InChI=1S/C22H19F3N4O9S2/c1-13(30)26-21(20(32)37-11-14-7-9-15(10-8-14)29(33)34)27(40(35,36)22(23,24)25)12-39-19-17(18(31)28(19)21)38-16-5-3-2-4-6-16/h2-10,17,19H,11-12H2,1H3,(H,26,30). The highest BCUT2D eigenvalue weighted by Crippen LogP contribution is 2.47. The lowest BCUT2D eigenvalue weighted by molar-refractivity contribution is -0.384. The summed E-state index contributed by atoms with van der Waals surface area (Å²) in [5.74, 6) is -8.02. The van der Waals surface area contributed by atoms with Crippen molar-refractivity contribution in [2.75, 3.05) is 5.88 Å². The van der Waals surface area contributed by atoms with E-state index in [-0.39, 0.29) is 21.3 Å². The van der Waals surface area contributed by atoms with Gasteiger partial charge in [0.05, 0.1) is 10.8 Å². The molecular weight excluding hydrogens is 585 g/mol. The highest BCUT2D eigenvalue weighted by atomic mass is 32.2. The molecule has 0 radical (unpaired) electrons. The molecule has 2 aliphatic rings. The number of alkyl halides is 3. The van der Waals surface area contributed by atoms with Crippen molar-refractivity contribution in [3.8, 4) is 5.75 Å². The Labute approximate surface area is 228 Å². The lowest BCUT2D eigenvalue weighted by atomic mass is 10.0. The number of nitrogens with one attached hydrogen (secondary N) is 1. The topological polar surface area (TPSA) is 165 Å². The van der Waals surface area contributed by atoms with Gasteiger partial charge in [0.25, 0.3) is 17.4 Å². The monoisotopic (exact) mass is 604 g/mol. The van der Waals surface area contributed by atoms with Gasteiger partial charge in [-0.2, -0.15) is 13.2 Å². The molecule has 4 rings (SSSR count). The van der Waals surface area contributed by atoms with Gasteiger partial charge in [-0.15, -0.1) is 16.1 Å². The predicted octanol–water partition coefficient (Wildman–Crippen LogP) is 1.90. The molecular formula is C22H19F3N4O9S2. The zero-order valence-corrected chi connectivity index (χ0v) is 21.9. The van der Waals surface area contributed by atoms with Crippen molar-refractivity contribution in [2.24, 2.45) is 0 Å². The zero-order valence-electron chi connectivity index (χ0n) is 20.2. The van der Waals surface area contributed by atoms with Crippen molar-refractivity contribution in [3.05, 3.63) is 70.3 Å². The summed E-state index contributed by atoms with van der Waals surface area (Å²) in [6, 6.07) is 12.4. The van der Waals surface area contributed by atoms with Crippen LogP contribution in [0.3, 0.4) is 0 Å². The molecule has 0 saturated carbocycles. The minimum Gasteiger partial charge on any atom is -0.477 e. The van der Waals surface area contributed by atoms with E-state index in [1.54, 1.807) is 18.2 Å². The number of fused-ring (bicyclic) bond motifs is 1. The number of benzene rings is 2. The Morgan fingerprint density at radius 3 is 2.35 bits per heavy atom. The molecule has 18 heteroatoms. The van der Waals surface area contributed by atoms with Crippen LogP contribution in [0.15, 0.2) is 54.6 Å². The summed E-state index contributed by atoms with van der Waals surface area (Å²) in [5.41, 5.74) is -6.07. The van der Waals surface area contributed by atoms with Crippen LogP contribution >= 0.6 is 11.8 Å². The summed E-state index contributed by atoms with van der Waals surface area (Å²) in [6.07, 6.45) is -1.33. The molecule has 1 N–H and O–H groups in total. The van der Waals surface area contributed by atoms with E-state index in [4.69, 9.17) is 9.47 Å². The van der Waals surface area contributed by atoms with Crippen LogP contribution in [0.4, 0.5) is 18.9 Å². The molecule has 3 atom stereocenters. The third-order valence-electron chi connectivity index (χ3n) is 5.81. The Hall–Kier alpha value is -3.90. The van der Waals surface area contributed by atoms with Crippen LogP contribution in [0.5, 0.6) is 5.75 Å². The second-order valence-electron chi connectivity index (χ2n) is 8.40. The molecule has 3 unspecified atom stereocenters. The quantitative estimate of drug-likeness (QED) is 0.204. The van der Waals surface area contributed by atoms with E-state index in [0.29, 0.717) is 16.7 Å². The second kappa shape index (κ2) is 10.6. The summed E-state index contributed by atoms with van der Waals surface area (Å²) in [4.78, 5) is 49.6. The second-order valence-corrected chi connectivity index (χ2v) is 11.3. The van der Waals surface area contributed by atoms with Gasteiger partial charge in [0.1, 0.15) is 17.7 Å². The van der Waals surface area contributed by atoms with Crippen LogP contribution < -0.4 is 10.1 Å². The van der Waals surface area contributed by atoms with E-state index in [2.05, 4.69) is 0 Å². The number of non-ortho nitro benzene ring substituents is 1. The van der Waals surface area contributed by atoms with Gasteiger partial charge in [-0.1, -0.05) is 18.2 Å². The molecule has 2 amide bonds. The molecule has 2 heterocycles. The molecule has 214 valence electrons. The van der Waals surface area contributed by atoms with Crippen LogP contribution in [-0.4, -0.2) is 69.0 Å². The number of amides is 2. The predicted molar refractivity (Wildman–Crippen MR) is 130 cm³/mol. The van der Waals surface area contributed by atoms with Gasteiger partial charge >= 0.3 is 21.5 Å². The highest BCUT2D eigenvalue weighted by molar-refractivity contribution is 8.01. The maximum Gasteiger partial charge on any atom is 0.511 e. The average Bonchev–Trinajstić information content (AvgIpc) is 2.89. The number of nitro groups is 1. The molecule has 0 aliphatic carbocycles. The van der Waals surface area contributed by atoms with E-state index in [1.165, 1.54) is 24.3 Å². The molecule has 2 aliphatic heterocycles. The molecule has 0 bridgehead atoms. The van der Waals surface area contributed by atoms with Crippen LogP contribution in [-0.2, 0) is 35.8 Å². The molecule has 0 spiro atoms. The Morgan fingerprint density at radius 2 is 1.80 bits per heavy atom. The first kappa shape index (κ1) is 29.1. The fraction of sp³-hybridized carbons (Fsp3) is 0.318. The Morgan fingerprint density at radius 1 is 1.18 bits per heavy atom. The molecule has 13 nitrogen and oxygen atoms in total. The number of hydrogen-bond acceptors (Lipinski definition) is 10. The number of ether oxygens (including phenoxy) is 2. The Balaban J connectivity index is 1.73. The van der Waals surface area contributed by atoms with Gasteiger partial charge in [0.15, 0.2) is 0 Å². The van der Waals surface area contributed by atoms with Crippen LogP contribution in [0, 0.1) is 10.1 Å². The van der Waals surface area contributed by atoms with Crippen LogP contribution in [0.2, 0.25) is 0 Å². The van der Waals surface area contributed by atoms with Crippen molar-refractivity contribution in [2.45, 2.75) is 36.3 Å². The van der Waals surface area contributed by atoms with Gasteiger partial charge in [0.2, 0.25) is 12.0 Å². The molecule has 2 fully saturated rings. The number of nitrogens with zero attached hydrogens (tertiary/aromatic N) is 3. The average molecular weight is 605 g/mol. The number of rotatable bonds is 8. The Bertz CT molecular complexity index is 1440. The largest absolute Gasteiger partial charge is 0.511 e. The molecule has 0 aromatic heterocycles. The molecule has 2 aromatic carbocycles. The zero-order chi connectivity index (χ0) is 29.5. The van der Waals surface area contributed by atoms with E-state index < -0.39 is 68.0 Å². The number of halogens is 3. The van der Waals surface area contributed by atoms with Crippen molar-refractivity contribution in [1.29, 1.82) is 0 Å². The molecule has 40 heavy (non-hydrogen) atoms. The van der Waals surface area contributed by atoms with Gasteiger partial charge < -0.3 is 14.8 Å². The summed E-state index contributed by atoms with van der Waals surface area (Å²) in [6.45, 7) is 0.116. The normalized spacial score (nSPS) is 23.0. The van der Waals surface area contributed by atoms with E-state index >= 15 is 0 Å². The van der Waals surface area contributed by atoms with E-state index in [0.717, 1.165) is 19.1 Å². The van der Waals surface area contributed by atoms with Crippen LogP contribution in [0.1, 0.15) is 12.5 Å². The minimum atomic E-state index is -6.33. The number of hydrogen-bond donors (Lipinski definition) is 1. The van der Waals surface area contributed by atoms with Gasteiger partial charge in [-0.3, -0.25) is 24.6 Å². The maximum atomic E-state index is 13.7. The summed E-state index contributed by atoms with van der Waals surface area (Å²) in [5, 5.41) is 11.6. The Kier molecular flexibility index (Phi) is 7.70. The van der Waals surface area contributed by atoms with Gasteiger partial charge in [0, 0.05) is 19.1 Å². The number of esters is 1. The third kappa shape index (κ3) is 5.04. The van der Waals surface area contributed by atoms with E-state index in [1.807, 2.05) is 5.32 Å². The summed E-state index contributed by atoms with van der Waals surface area (Å²) in [7, 11) is -6.33. The summed E-state index contributed by atoms with van der Waals surface area (Å²) < 4.78 is 76.9. The van der Waals surface area contributed by atoms with Crippen molar-refractivity contribution in [3.63, 3.8) is 0 Å². The van der Waals surface area contributed by atoms with Crippen molar-refractivity contribution >= 4 is 45.3 Å². The van der Waals surface area contributed by atoms with Crippen molar-refractivity contribution in [1.82, 2.24) is 14.5 Å². The number of para-hydroxylation sites is 1. The van der Waals surface area contributed by atoms with E-state index in [9.17, 15) is 46.1 Å². The maximum absolute atomic E-state index is 13.7. The number of carbonyl (C=O) groups is 3. The number of β-lactam (4-membered cyclic amide) rings is 1.